The Morgan fingerprint density at radius 1 is 1.19 bits per heavy atom. The van der Waals surface area contributed by atoms with Crippen LogP contribution in [0.4, 0.5) is 0 Å². The summed E-state index contributed by atoms with van der Waals surface area (Å²) in [5.74, 6) is 0.877. The minimum Gasteiger partial charge on any atom is -0.497 e. The summed E-state index contributed by atoms with van der Waals surface area (Å²) in [6.07, 6.45) is 3.35. The van der Waals surface area contributed by atoms with Gasteiger partial charge < -0.3 is 18.3 Å². The summed E-state index contributed by atoms with van der Waals surface area (Å²) in [5.41, 5.74) is 1.08. The van der Waals surface area contributed by atoms with Gasteiger partial charge in [0.15, 0.2) is 11.6 Å². The van der Waals surface area contributed by atoms with Gasteiger partial charge >= 0.3 is 11.6 Å². The van der Waals surface area contributed by atoms with Crippen LogP contribution in [0, 0.1) is 6.92 Å². The highest BCUT2D eigenvalue weighted by Crippen LogP contribution is 2.27. The van der Waals surface area contributed by atoms with Crippen LogP contribution in [0.3, 0.4) is 0 Å². The predicted octanol–water partition coefficient (Wildman–Crippen LogP) is 4.24. The molecule has 0 saturated carbocycles. The number of nitrogens with zero attached hydrogens (tertiary/aromatic N) is 2. The van der Waals surface area contributed by atoms with E-state index in [4.69, 9.17) is 18.3 Å². The number of carbonyl (C=O) groups is 1. The Bertz CT molecular complexity index is 1310. The predicted molar refractivity (Wildman–Crippen MR) is 114 cm³/mol. The van der Waals surface area contributed by atoms with Crippen molar-refractivity contribution in [1.82, 2.24) is 9.97 Å². The Balaban J connectivity index is 1.63. The van der Waals surface area contributed by atoms with Crippen LogP contribution in [0.5, 0.6) is 5.75 Å². The molecule has 0 radical (unpaired) electrons. The van der Waals surface area contributed by atoms with Crippen molar-refractivity contribution in [2.24, 2.45) is 0 Å². The second-order valence-corrected chi connectivity index (χ2v) is 7.32. The van der Waals surface area contributed by atoms with Gasteiger partial charge in [0, 0.05) is 23.1 Å². The molecule has 0 atom stereocenters. The van der Waals surface area contributed by atoms with Crippen molar-refractivity contribution >= 4 is 28.7 Å². The zero-order chi connectivity index (χ0) is 22.0. The Kier molecular flexibility index (Phi) is 5.77. The van der Waals surface area contributed by atoms with Crippen molar-refractivity contribution < 1.29 is 23.1 Å². The lowest BCUT2D eigenvalue weighted by Gasteiger charge is -2.12. The molecule has 0 aliphatic rings. The molecule has 3 heterocycles. The van der Waals surface area contributed by atoms with Crippen molar-refractivity contribution in [1.29, 1.82) is 0 Å². The normalized spacial score (nSPS) is 10.9. The first-order valence-corrected chi connectivity index (χ1v) is 10.5. The number of methoxy groups -OCH3 is 1. The lowest BCUT2D eigenvalue weighted by Crippen LogP contribution is -2.13. The SMILES string of the molecule is COc1ccc2c(COC(=O)c3c(C)nc(-c4ccco4)nc3SC)cc(=O)oc2c1. The summed E-state index contributed by atoms with van der Waals surface area (Å²) in [5, 5.41) is 1.13. The van der Waals surface area contributed by atoms with Gasteiger partial charge in [0.2, 0.25) is 0 Å². The summed E-state index contributed by atoms with van der Waals surface area (Å²) >= 11 is 1.31. The molecule has 0 amide bonds. The van der Waals surface area contributed by atoms with Gasteiger partial charge in [0.1, 0.15) is 28.5 Å². The second kappa shape index (κ2) is 8.65. The quantitative estimate of drug-likeness (QED) is 0.189. The third-order valence-corrected chi connectivity index (χ3v) is 5.27. The van der Waals surface area contributed by atoms with Crippen LogP contribution in [0.2, 0.25) is 0 Å². The molecule has 0 bridgehead atoms. The van der Waals surface area contributed by atoms with E-state index in [-0.39, 0.29) is 12.2 Å². The molecule has 9 heteroatoms. The van der Waals surface area contributed by atoms with Crippen LogP contribution in [-0.2, 0) is 11.3 Å². The number of rotatable bonds is 6. The van der Waals surface area contributed by atoms with E-state index in [1.54, 1.807) is 37.3 Å². The van der Waals surface area contributed by atoms with Crippen LogP contribution in [-0.4, -0.2) is 29.3 Å². The first-order valence-electron chi connectivity index (χ1n) is 9.24. The van der Waals surface area contributed by atoms with Crippen LogP contribution in [0.25, 0.3) is 22.6 Å². The summed E-state index contributed by atoms with van der Waals surface area (Å²) in [6, 6.07) is 9.90. The van der Waals surface area contributed by atoms with Crippen molar-refractivity contribution in [2.45, 2.75) is 18.6 Å². The number of aromatic nitrogens is 2. The monoisotopic (exact) mass is 438 g/mol. The Labute approximate surface area is 181 Å². The van der Waals surface area contributed by atoms with E-state index in [1.165, 1.54) is 31.2 Å². The van der Waals surface area contributed by atoms with E-state index in [2.05, 4.69) is 9.97 Å². The third-order valence-electron chi connectivity index (χ3n) is 4.59. The number of carbonyl (C=O) groups excluding carboxylic acids is 1. The van der Waals surface area contributed by atoms with E-state index < -0.39 is 11.6 Å². The number of benzene rings is 1. The molecule has 4 aromatic rings. The maximum Gasteiger partial charge on any atom is 0.343 e. The molecule has 1 aromatic carbocycles. The molecule has 4 rings (SSSR count). The molecule has 3 aromatic heterocycles. The van der Waals surface area contributed by atoms with Crippen LogP contribution >= 0.6 is 11.8 Å². The molecule has 0 aliphatic heterocycles. The lowest BCUT2D eigenvalue weighted by molar-refractivity contribution is 0.0467. The zero-order valence-corrected chi connectivity index (χ0v) is 17.8. The number of hydrogen-bond donors (Lipinski definition) is 0. The van der Waals surface area contributed by atoms with Crippen molar-refractivity contribution in [3.05, 3.63) is 69.9 Å². The maximum absolute atomic E-state index is 12.9. The second-order valence-electron chi connectivity index (χ2n) is 6.52. The highest BCUT2D eigenvalue weighted by molar-refractivity contribution is 7.98. The number of aryl methyl sites for hydroxylation is 1. The number of fused-ring (bicyclic) bond motifs is 1. The van der Waals surface area contributed by atoms with Gasteiger partial charge in [-0.2, -0.15) is 0 Å². The minimum atomic E-state index is -0.581. The van der Waals surface area contributed by atoms with E-state index in [9.17, 15) is 9.59 Å². The van der Waals surface area contributed by atoms with E-state index in [0.717, 1.165) is 0 Å². The summed E-state index contributed by atoms with van der Waals surface area (Å²) in [7, 11) is 1.52. The summed E-state index contributed by atoms with van der Waals surface area (Å²) in [4.78, 5) is 33.6. The maximum atomic E-state index is 12.9. The number of furan rings is 1. The highest BCUT2D eigenvalue weighted by atomic mass is 32.2. The van der Waals surface area contributed by atoms with E-state index in [1.807, 2.05) is 6.26 Å². The smallest absolute Gasteiger partial charge is 0.343 e. The molecule has 31 heavy (non-hydrogen) atoms. The molecular formula is C22H18N2O6S. The molecule has 0 saturated heterocycles. The summed E-state index contributed by atoms with van der Waals surface area (Å²) in [6.45, 7) is 1.60. The van der Waals surface area contributed by atoms with Gasteiger partial charge in [-0.15, -0.1) is 11.8 Å². The highest BCUT2D eigenvalue weighted by Gasteiger charge is 2.21. The third kappa shape index (κ3) is 4.17. The zero-order valence-electron chi connectivity index (χ0n) is 17.0. The van der Waals surface area contributed by atoms with Crippen molar-refractivity contribution in [3.63, 3.8) is 0 Å². The Hall–Kier alpha value is -3.59. The molecule has 8 nitrogen and oxygen atoms in total. The van der Waals surface area contributed by atoms with Gasteiger partial charge in [-0.05, 0) is 37.4 Å². The summed E-state index contributed by atoms with van der Waals surface area (Å²) < 4.78 is 21.3. The van der Waals surface area contributed by atoms with Gasteiger partial charge in [-0.25, -0.2) is 19.6 Å². The Morgan fingerprint density at radius 2 is 2.03 bits per heavy atom. The molecular weight excluding hydrogens is 420 g/mol. The number of thioether (sulfide) groups is 1. The van der Waals surface area contributed by atoms with E-state index >= 15 is 0 Å². The van der Waals surface area contributed by atoms with Crippen LogP contribution < -0.4 is 10.4 Å². The Morgan fingerprint density at radius 3 is 2.74 bits per heavy atom. The molecule has 0 unspecified atom stereocenters. The fourth-order valence-corrected chi connectivity index (χ4v) is 3.73. The number of ether oxygens (including phenoxy) is 2. The molecule has 0 N–H and O–H groups in total. The number of esters is 1. The van der Waals surface area contributed by atoms with Crippen LogP contribution in [0.1, 0.15) is 21.6 Å². The minimum absolute atomic E-state index is 0.111. The van der Waals surface area contributed by atoms with Crippen LogP contribution in [0.15, 0.2) is 61.3 Å². The average Bonchev–Trinajstić information content (AvgIpc) is 3.31. The van der Waals surface area contributed by atoms with Gasteiger partial charge in [0.25, 0.3) is 0 Å². The number of hydrogen-bond acceptors (Lipinski definition) is 9. The largest absolute Gasteiger partial charge is 0.497 e. The van der Waals surface area contributed by atoms with Gasteiger partial charge in [-0.3, -0.25) is 0 Å². The molecule has 0 aliphatic carbocycles. The fraction of sp³-hybridized carbons (Fsp3) is 0.182. The van der Waals surface area contributed by atoms with E-state index in [0.29, 0.717) is 44.6 Å². The van der Waals surface area contributed by atoms with Gasteiger partial charge in [0.05, 0.1) is 19.1 Å². The molecule has 0 spiro atoms. The first-order chi connectivity index (χ1) is 15.0. The fourth-order valence-electron chi connectivity index (χ4n) is 3.12. The van der Waals surface area contributed by atoms with Crippen molar-refractivity contribution in [2.75, 3.05) is 13.4 Å². The van der Waals surface area contributed by atoms with Crippen molar-refractivity contribution in [3.8, 4) is 17.3 Å². The standard InChI is InChI=1S/C22H18N2O6S/c1-12-19(21(31-3)24-20(23-12)16-5-4-8-28-16)22(26)29-11-13-9-18(25)30-17-10-14(27-2)6-7-15(13)17/h4-10H,11H2,1-3H3. The molecule has 0 fully saturated rings. The lowest BCUT2D eigenvalue weighted by atomic mass is 10.1. The first kappa shape index (κ1) is 20.7. The van der Waals surface area contributed by atoms with Gasteiger partial charge in [-0.1, -0.05) is 0 Å². The topological polar surface area (TPSA) is 105 Å². The average molecular weight is 438 g/mol. The molecule has 158 valence electrons.